The zero-order valence-electron chi connectivity index (χ0n) is 21.1. The fourth-order valence-electron chi connectivity index (χ4n) is 4.88. The van der Waals surface area contributed by atoms with Gasteiger partial charge in [0.05, 0.1) is 6.54 Å². The van der Waals surface area contributed by atoms with Crippen molar-refractivity contribution in [3.63, 3.8) is 0 Å². The number of piperazine rings is 1. The summed E-state index contributed by atoms with van der Waals surface area (Å²) >= 11 is 0. The molecular formula is C28H30F2N6O2. The van der Waals surface area contributed by atoms with E-state index in [0.717, 1.165) is 23.5 Å². The molecule has 1 saturated heterocycles. The van der Waals surface area contributed by atoms with Crippen LogP contribution in [0.25, 0.3) is 0 Å². The van der Waals surface area contributed by atoms with Gasteiger partial charge in [-0.05, 0) is 24.6 Å². The van der Waals surface area contributed by atoms with Crippen LogP contribution in [0.2, 0.25) is 0 Å². The molecule has 10 heteroatoms. The average Bonchev–Trinajstić information content (AvgIpc) is 3.45. The number of pyridine rings is 1. The van der Waals surface area contributed by atoms with Crippen molar-refractivity contribution in [3.05, 3.63) is 102 Å². The molecule has 0 saturated carbocycles. The molecule has 1 aliphatic heterocycles. The number of anilines is 1. The van der Waals surface area contributed by atoms with Gasteiger partial charge < -0.3 is 14.7 Å². The molecule has 1 N–H and O–H groups in total. The fraction of sp³-hybridized carbons (Fsp3) is 0.321. The lowest BCUT2D eigenvalue weighted by molar-refractivity contribution is -0.0650. The summed E-state index contributed by atoms with van der Waals surface area (Å²) < 4.78 is 35.9. The Balaban J connectivity index is 1.28. The second kappa shape index (κ2) is 11.2. The fourth-order valence-corrected chi connectivity index (χ4v) is 4.88. The Hall–Kier alpha value is -3.89. The van der Waals surface area contributed by atoms with Gasteiger partial charge in [-0.1, -0.05) is 42.5 Å². The highest BCUT2D eigenvalue weighted by atomic mass is 19.1. The Kier molecular flexibility index (Phi) is 7.62. The van der Waals surface area contributed by atoms with Crippen LogP contribution < -0.4 is 9.64 Å². The molecule has 0 unspecified atom stereocenters. The summed E-state index contributed by atoms with van der Waals surface area (Å²) in [4.78, 5) is 12.9. The van der Waals surface area contributed by atoms with Gasteiger partial charge in [-0.2, -0.15) is 10.1 Å². The van der Waals surface area contributed by atoms with Crippen molar-refractivity contribution in [2.75, 3.05) is 31.1 Å². The van der Waals surface area contributed by atoms with E-state index in [1.165, 1.54) is 23.4 Å². The van der Waals surface area contributed by atoms with Crippen molar-refractivity contribution in [1.29, 1.82) is 0 Å². The van der Waals surface area contributed by atoms with Crippen molar-refractivity contribution in [2.45, 2.75) is 31.7 Å². The maximum absolute atomic E-state index is 14.9. The van der Waals surface area contributed by atoms with Crippen molar-refractivity contribution >= 4 is 5.82 Å². The minimum absolute atomic E-state index is 0.0225. The van der Waals surface area contributed by atoms with Gasteiger partial charge in [-0.25, -0.2) is 18.4 Å². The minimum atomic E-state index is -1.67. The molecule has 2 aromatic carbocycles. The lowest BCUT2D eigenvalue weighted by Crippen LogP contribution is -2.57. The first-order chi connectivity index (χ1) is 18.4. The predicted octanol–water partition coefficient (Wildman–Crippen LogP) is 3.63. The van der Waals surface area contributed by atoms with E-state index in [2.05, 4.69) is 24.9 Å². The van der Waals surface area contributed by atoms with Crippen molar-refractivity contribution in [1.82, 2.24) is 24.6 Å². The Morgan fingerprint density at radius 2 is 1.79 bits per heavy atom. The number of ether oxygens (including phenoxy) is 1. The number of hydrogen-bond acceptors (Lipinski definition) is 7. The van der Waals surface area contributed by atoms with Crippen LogP contribution in [-0.4, -0.2) is 62.0 Å². The third kappa shape index (κ3) is 5.66. The Morgan fingerprint density at radius 3 is 2.50 bits per heavy atom. The summed E-state index contributed by atoms with van der Waals surface area (Å²) in [6.45, 7) is 4.80. The molecule has 1 fully saturated rings. The molecule has 0 aliphatic carbocycles. The number of nitrogens with zero attached hydrogens (tertiary/aromatic N) is 6. The third-order valence-corrected chi connectivity index (χ3v) is 7.08. The number of aromatic nitrogens is 4. The topological polar surface area (TPSA) is 79.5 Å². The third-order valence-electron chi connectivity index (χ3n) is 7.08. The Labute approximate surface area is 220 Å². The molecule has 8 nitrogen and oxygen atoms in total. The number of benzene rings is 2. The van der Waals surface area contributed by atoms with Crippen LogP contribution in [0, 0.1) is 11.6 Å². The second-order valence-electron chi connectivity index (χ2n) is 9.45. The van der Waals surface area contributed by atoms with Crippen molar-refractivity contribution < 1.29 is 18.6 Å². The van der Waals surface area contributed by atoms with Gasteiger partial charge in [0.15, 0.2) is 0 Å². The summed E-state index contributed by atoms with van der Waals surface area (Å²) in [6, 6.07) is 18.4. The lowest BCUT2D eigenvalue weighted by atomic mass is 9.85. The minimum Gasteiger partial charge on any atom is -0.473 e. The lowest BCUT2D eigenvalue weighted by Gasteiger charge is -2.45. The van der Waals surface area contributed by atoms with Gasteiger partial charge in [-0.3, -0.25) is 4.90 Å². The molecule has 0 radical (unpaired) electrons. The molecule has 0 spiro atoms. The van der Waals surface area contributed by atoms with E-state index < -0.39 is 23.3 Å². The molecule has 3 heterocycles. The molecule has 0 amide bonds. The normalized spacial score (nSPS) is 16.7. The first-order valence-electron chi connectivity index (χ1n) is 12.6. The van der Waals surface area contributed by atoms with Crippen LogP contribution >= 0.6 is 0 Å². The van der Waals surface area contributed by atoms with Crippen LogP contribution in [0.15, 0.2) is 79.4 Å². The van der Waals surface area contributed by atoms with E-state index in [1.54, 1.807) is 0 Å². The van der Waals surface area contributed by atoms with Gasteiger partial charge in [0.25, 0.3) is 0 Å². The molecule has 198 valence electrons. The number of rotatable bonds is 9. The smallest absolute Gasteiger partial charge is 0.215 e. The number of halogens is 2. The summed E-state index contributed by atoms with van der Waals surface area (Å²) in [6.07, 6.45) is 2.82. The van der Waals surface area contributed by atoms with E-state index in [1.807, 2.05) is 55.5 Å². The summed E-state index contributed by atoms with van der Waals surface area (Å²) in [5.74, 6) is -0.130. The Morgan fingerprint density at radius 1 is 1.00 bits per heavy atom. The molecular weight excluding hydrogens is 490 g/mol. The summed E-state index contributed by atoms with van der Waals surface area (Å²) in [5.41, 5.74) is -0.579. The number of hydrogen-bond donors (Lipinski definition) is 1. The van der Waals surface area contributed by atoms with E-state index in [4.69, 9.17) is 4.74 Å². The van der Waals surface area contributed by atoms with Crippen molar-refractivity contribution in [2.24, 2.45) is 0 Å². The van der Waals surface area contributed by atoms with Gasteiger partial charge in [0.1, 0.15) is 42.3 Å². The quantitative estimate of drug-likeness (QED) is 0.361. The molecule has 38 heavy (non-hydrogen) atoms. The SMILES string of the molecule is C[C@@H](N1CCN(c2cccc(OCc3ccccc3)n2)CC1)[C@](O)(Cn1cncn1)c1ccc(F)cc1F. The second-order valence-corrected chi connectivity index (χ2v) is 9.45. The number of aliphatic hydroxyl groups is 1. The Bertz CT molecular complexity index is 1330. The molecule has 0 bridgehead atoms. The van der Waals surface area contributed by atoms with Crippen molar-refractivity contribution in [3.8, 4) is 5.88 Å². The summed E-state index contributed by atoms with van der Waals surface area (Å²) in [5, 5.41) is 16.0. The van der Waals surface area contributed by atoms with E-state index in [-0.39, 0.29) is 12.1 Å². The van der Waals surface area contributed by atoms with Crippen LogP contribution in [0.5, 0.6) is 5.88 Å². The monoisotopic (exact) mass is 520 g/mol. The zero-order valence-corrected chi connectivity index (χ0v) is 21.1. The van der Waals surface area contributed by atoms with E-state index in [9.17, 15) is 13.9 Å². The maximum atomic E-state index is 14.9. The van der Waals surface area contributed by atoms with Gasteiger partial charge in [0, 0.05) is 49.9 Å². The van der Waals surface area contributed by atoms with Crippen LogP contribution in [0.3, 0.4) is 0 Å². The largest absolute Gasteiger partial charge is 0.473 e. The first kappa shape index (κ1) is 25.7. The summed E-state index contributed by atoms with van der Waals surface area (Å²) in [7, 11) is 0. The predicted molar refractivity (Wildman–Crippen MR) is 139 cm³/mol. The molecule has 2 atom stereocenters. The van der Waals surface area contributed by atoms with Crippen LogP contribution in [0.1, 0.15) is 18.1 Å². The highest BCUT2D eigenvalue weighted by Crippen LogP contribution is 2.33. The van der Waals surface area contributed by atoms with Gasteiger partial charge in [0.2, 0.25) is 5.88 Å². The van der Waals surface area contributed by atoms with Gasteiger partial charge in [-0.15, -0.1) is 0 Å². The average molecular weight is 521 g/mol. The van der Waals surface area contributed by atoms with Crippen LogP contribution in [0.4, 0.5) is 14.6 Å². The van der Waals surface area contributed by atoms with Crippen LogP contribution in [-0.2, 0) is 18.8 Å². The molecule has 5 rings (SSSR count). The zero-order chi connectivity index (χ0) is 26.5. The maximum Gasteiger partial charge on any atom is 0.215 e. The highest BCUT2D eigenvalue weighted by molar-refractivity contribution is 5.41. The highest BCUT2D eigenvalue weighted by Gasteiger charge is 2.42. The standard InChI is InChI=1S/C28H30F2N6O2/c1-21(28(37,18-36-20-31-19-32-36)24-11-10-23(29)16-25(24)30)34-12-14-35(15-13-34)26-8-5-9-27(33-26)38-17-22-6-3-2-4-7-22/h2-11,16,19-21,37H,12-15,17-18H2,1H3/t21-,28-/m1/s1. The molecule has 2 aromatic heterocycles. The molecule has 1 aliphatic rings. The molecule has 4 aromatic rings. The van der Waals surface area contributed by atoms with E-state index >= 15 is 0 Å². The first-order valence-corrected chi connectivity index (χ1v) is 12.6. The van der Waals surface area contributed by atoms with Gasteiger partial charge >= 0.3 is 0 Å². The van der Waals surface area contributed by atoms with E-state index in [0.29, 0.717) is 38.7 Å².